The molecule has 0 saturated carbocycles. The number of rotatable bonds is 5. The van der Waals surface area contributed by atoms with E-state index in [1.807, 2.05) is 47.5 Å². The zero-order valence-electron chi connectivity index (χ0n) is 13.3. The number of nitrogens with zero attached hydrogens (tertiary/aromatic N) is 2. The second-order valence-electron chi connectivity index (χ2n) is 5.25. The minimum absolute atomic E-state index is 0.875. The van der Waals surface area contributed by atoms with Gasteiger partial charge in [0.15, 0.2) is 0 Å². The molecule has 3 rings (SSSR count). The monoisotopic (exact) mass is 300 g/mol. The lowest BCUT2D eigenvalue weighted by atomic mass is 10.1. The van der Waals surface area contributed by atoms with E-state index in [0.29, 0.717) is 0 Å². The fourth-order valence-electron chi connectivity index (χ4n) is 2.49. The molecule has 2 nitrogen and oxygen atoms in total. The highest BCUT2D eigenvalue weighted by molar-refractivity contribution is 6.01. The van der Waals surface area contributed by atoms with Crippen molar-refractivity contribution < 1.29 is 0 Å². The summed E-state index contributed by atoms with van der Waals surface area (Å²) >= 11 is 0. The first kappa shape index (κ1) is 15.0. The molecule has 0 amide bonds. The standard InChI is InChI=1S/C21H20N2/c1-2-21(18-12-6-3-7-13-18)22-23(19-14-8-4-9-15-19)20-16-10-5-11-17-20/h3-17H,2H2,1H3. The van der Waals surface area contributed by atoms with Crippen LogP contribution in [0.5, 0.6) is 0 Å². The van der Waals surface area contributed by atoms with Crippen LogP contribution < -0.4 is 5.01 Å². The Balaban J connectivity index is 2.07. The van der Waals surface area contributed by atoms with Gasteiger partial charge in [-0.15, -0.1) is 0 Å². The maximum atomic E-state index is 4.96. The van der Waals surface area contributed by atoms with Gasteiger partial charge >= 0.3 is 0 Å². The number of benzene rings is 3. The van der Waals surface area contributed by atoms with Gasteiger partial charge in [-0.1, -0.05) is 73.7 Å². The second kappa shape index (κ2) is 7.41. The summed E-state index contributed by atoms with van der Waals surface area (Å²) in [7, 11) is 0. The molecule has 0 aromatic heterocycles. The van der Waals surface area contributed by atoms with Gasteiger partial charge in [0.2, 0.25) is 0 Å². The van der Waals surface area contributed by atoms with Crippen molar-refractivity contribution in [1.82, 2.24) is 0 Å². The molecule has 114 valence electrons. The van der Waals surface area contributed by atoms with Crippen LogP contribution in [0.2, 0.25) is 0 Å². The molecular formula is C21H20N2. The van der Waals surface area contributed by atoms with E-state index in [4.69, 9.17) is 5.10 Å². The summed E-state index contributed by atoms with van der Waals surface area (Å²) in [6.45, 7) is 2.14. The van der Waals surface area contributed by atoms with Crippen LogP contribution in [0.3, 0.4) is 0 Å². The summed E-state index contributed by atoms with van der Waals surface area (Å²) in [5.41, 5.74) is 4.34. The minimum atomic E-state index is 0.875. The summed E-state index contributed by atoms with van der Waals surface area (Å²) < 4.78 is 0. The molecule has 0 saturated heterocycles. The van der Waals surface area contributed by atoms with E-state index in [0.717, 1.165) is 29.1 Å². The smallest absolute Gasteiger partial charge is 0.0683 e. The summed E-state index contributed by atoms with van der Waals surface area (Å²) in [5, 5.41) is 6.96. The van der Waals surface area contributed by atoms with E-state index in [1.54, 1.807) is 0 Å². The first-order valence-corrected chi connectivity index (χ1v) is 7.91. The molecule has 0 radical (unpaired) electrons. The molecule has 0 bridgehead atoms. The molecule has 0 aliphatic heterocycles. The van der Waals surface area contributed by atoms with Crippen LogP contribution >= 0.6 is 0 Å². The van der Waals surface area contributed by atoms with Gasteiger partial charge in [-0.3, -0.25) is 0 Å². The summed E-state index contributed by atoms with van der Waals surface area (Å²) in [6, 6.07) is 30.9. The third-order valence-electron chi connectivity index (χ3n) is 3.66. The molecule has 0 aliphatic rings. The van der Waals surface area contributed by atoms with Crippen LogP contribution in [-0.4, -0.2) is 5.71 Å². The molecule has 0 N–H and O–H groups in total. The first-order chi connectivity index (χ1) is 11.4. The second-order valence-corrected chi connectivity index (χ2v) is 5.25. The normalized spacial score (nSPS) is 11.3. The van der Waals surface area contributed by atoms with E-state index in [-0.39, 0.29) is 0 Å². The third-order valence-corrected chi connectivity index (χ3v) is 3.66. The lowest BCUT2D eigenvalue weighted by Gasteiger charge is -2.21. The molecule has 0 spiro atoms. The van der Waals surface area contributed by atoms with Crippen LogP contribution in [0.15, 0.2) is 96.1 Å². The predicted octanol–water partition coefficient (Wildman–Crippen LogP) is 5.64. The fourth-order valence-corrected chi connectivity index (χ4v) is 2.49. The third kappa shape index (κ3) is 3.67. The van der Waals surface area contributed by atoms with E-state index < -0.39 is 0 Å². The molecule has 3 aromatic rings. The molecule has 0 heterocycles. The van der Waals surface area contributed by atoms with Crippen molar-refractivity contribution in [2.75, 3.05) is 5.01 Å². The summed E-state index contributed by atoms with van der Waals surface area (Å²) in [4.78, 5) is 0. The molecule has 23 heavy (non-hydrogen) atoms. The Bertz CT molecular complexity index is 710. The zero-order valence-corrected chi connectivity index (χ0v) is 13.3. The van der Waals surface area contributed by atoms with Crippen molar-refractivity contribution in [2.45, 2.75) is 13.3 Å². The minimum Gasteiger partial charge on any atom is -0.233 e. The highest BCUT2D eigenvalue weighted by Gasteiger charge is 2.10. The Morgan fingerprint density at radius 1 is 0.696 bits per heavy atom. The van der Waals surface area contributed by atoms with E-state index in [2.05, 4.69) is 55.5 Å². The van der Waals surface area contributed by atoms with Crippen LogP contribution in [-0.2, 0) is 0 Å². The molecule has 0 fully saturated rings. The number of hydrogen-bond donors (Lipinski definition) is 0. The number of hydrogen-bond acceptors (Lipinski definition) is 2. The van der Waals surface area contributed by atoms with E-state index in [9.17, 15) is 0 Å². The zero-order chi connectivity index (χ0) is 15.9. The van der Waals surface area contributed by atoms with Gasteiger partial charge < -0.3 is 0 Å². The Morgan fingerprint density at radius 3 is 1.57 bits per heavy atom. The number of anilines is 2. The lowest BCUT2D eigenvalue weighted by molar-refractivity contribution is 1.06. The first-order valence-electron chi connectivity index (χ1n) is 7.91. The van der Waals surface area contributed by atoms with Crippen LogP contribution in [0, 0.1) is 0 Å². The van der Waals surface area contributed by atoms with Crippen molar-refractivity contribution in [1.29, 1.82) is 0 Å². The van der Waals surface area contributed by atoms with Gasteiger partial charge in [-0.05, 0) is 36.2 Å². The number of para-hydroxylation sites is 2. The van der Waals surface area contributed by atoms with Crippen molar-refractivity contribution in [3.63, 3.8) is 0 Å². The lowest BCUT2D eigenvalue weighted by Crippen LogP contribution is -2.13. The maximum Gasteiger partial charge on any atom is 0.0683 e. The Labute approximate surface area is 137 Å². The van der Waals surface area contributed by atoms with Crippen LogP contribution in [0.1, 0.15) is 18.9 Å². The molecular weight excluding hydrogens is 280 g/mol. The topological polar surface area (TPSA) is 15.6 Å². The Kier molecular flexibility index (Phi) is 4.85. The van der Waals surface area contributed by atoms with Crippen LogP contribution in [0.25, 0.3) is 0 Å². The predicted molar refractivity (Wildman–Crippen MR) is 98.3 cm³/mol. The van der Waals surface area contributed by atoms with Gasteiger partial charge in [-0.25, -0.2) is 5.01 Å². The van der Waals surface area contributed by atoms with E-state index in [1.165, 1.54) is 0 Å². The van der Waals surface area contributed by atoms with Crippen molar-refractivity contribution in [2.24, 2.45) is 5.10 Å². The van der Waals surface area contributed by atoms with Crippen LogP contribution in [0.4, 0.5) is 11.4 Å². The largest absolute Gasteiger partial charge is 0.233 e. The number of hydrazone groups is 1. The maximum absolute atomic E-state index is 4.96. The summed E-state index contributed by atoms with van der Waals surface area (Å²) in [6.07, 6.45) is 0.875. The van der Waals surface area contributed by atoms with Crippen molar-refractivity contribution in [3.8, 4) is 0 Å². The fraction of sp³-hybridized carbons (Fsp3) is 0.0952. The van der Waals surface area contributed by atoms with Gasteiger partial charge in [0, 0.05) is 0 Å². The van der Waals surface area contributed by atoms with Crippen molar-refractivity contribution >= 4 is 17.1 Å². The van der Waals surface area contributed by atoms with Crippen molar-refractivity contribution in [3.05, 3.63) is 96.6 Å². The molecule has 2 heteroatoms. The average molecular weight is 300 g/mol. The molecule has 0 unspecified atom stereocenters. The van der Waals surface area contributed by atoms with Gasteiger partial charge in [-0.2, -0.15) is 5.10 Å². The van der Waals surface area contributed by atoms with Gasteiger partial charge in [0.1, 0.15) is 0 Å². The average Bonchev–Trinajstić information content (AvgIpc) is 2.65. The summed E-state index contributed by atoms with van der Waals surface area (Å²) in [5.74, 6) is 0. The molecule has 0 aliphatic carbocycles. The SMILES string of the molecule is CCC(=NN(c1ccccc1)c1ccccc1)c1ccccc1. The molecule has 0 atom stereocenters. The Morgan fingerprint density at radius 2 is 1.13 bits per heavy atom. The quantitative estimate of drug-likeness (QED) is 0.440. The highest BCUT2D eigenvalue weighted by atomic mass is 15.5. The van der Waals surface area contributed by atoms with Gasteiger partial charge in [0.05, 0.1) is 17.1 Å². The van der Waals surface area contributed by atoms with E-state index >= 15 is 0 Å². The van der Waals surface area contributed by atoms with Gasteiger partial charge in [0.25, 0.3) is 0 Å². The Hall–Kier alpha value is -2.87. The highest BCUT2D eigenvalue weighted by Crippen LogP contribution is 2.26. The molecule has 3 aromatic carbocycles.